The van der Waals surface area contributed by atoms with Crippen molar-refractivity contribution in [1.29, 1.82) is 0 Å². The lowest BCUT2D eigenvalue weighted by atomic mass is 9.57. The number of nitrogens with two attached hydrogens (primary N) is 1. The number of carbonyl (C=O) groups excluding carboxylic acids is 4. The Bertz CT molecular complexity index is 1250. The van der Waals surface area contributed by atoms with E-state index in [9.17, 15) is 39.6 Å². The maximum atomic E-state index is 13.6. The number of ketones is 3. The maximum absolute atomic E-state index is 13.6. The Balaban J connectivity index is 2.06. The highest BCUT2D eigenvalue weighted by Gasteiger charge is 2.65. The van der Waals surface area contributed by atoms with Crippen molar-refractivity contribution in [1.82, 2.24) is 4.90 Å². The van der Waals surface area contributed by atoms with Crippen molar-refractivity contribution in [2.45, 2.75) is 30.6 Å². The van der Waals surface area contributed by atoms with Crippen molar-refractivity contribution >= 4 is 34.9 Å². The number of rotatable bonds is 2. The van der Waals surface area contributed by atoms with E-state index in [-0.39, 0.29) is 22.6 Å². The number of phenols is 1. The van der Waals surface area contributed by atoms with Gasteiger partial charge in [-0.15, -0.1) is 0 Å². The van der Waals surface area contributed by atoms with Crippen LogP contribution in [0.15, 0.2) is 34.6 Å². The van der Waals surface area contributed by atoms with Crippen molar-refractivity contribution < 1.29 is 39.6 Å². The van der Waals surface area contributed by atoms with Gasteiger partial charge in [0.15, 0.2) is 11.4 Å². The molecule has 0 radical (unpaired) electrons. The molecule has 0 saturated carbocycles. The summed E-state index contributed by atoms with van der Waals surface area (Å²) in [6, 6.07) is 1.11. The Morgan fingerprint density at radius 2 is 1.79 bits per heavy atom. The Morgan fingerprint density at radius 3 is 2.33 bits per heavy atom. The summed E-state index contributed by atoms with van der Waals surface area (Å²) in [5.74, 6) is -7.75. The van der Waals surface area contributed by atoms with E-state index in [1.165, 1.54) is 32.0 Å². The zero-order valence-electron chi connectivity index (χ0n) is 17.8. The van der Waals surface area contributed by atoms with Crippen LogP contribution >= 0.6 is 11.6 Å². The number of aliphatic hydroxyl groups is 3. The molecule has 0 fully saturated rings. The predicted octanol–water partition coefficient (Wildman–Crippen LogP) is -0.124. The van der Waals surface area contributed by atoms with Gasteiger partial charge in [0.05, 0.1) is 17.2 Å². The minimum atomic E-state index is -2.84. The summed E-state index contributed by atoms with van der Waals surface area (Å²) in [5.41, 5.74) is -1.88. The summed E-state index contributed by atoms with van der Waals surface area (Å²) in [6.07, 6.45) is -0.383. The number of aromatic hydroxyl groups is 1. The molecule has 33 heavy (non-hydrogen) atoms. The molecule has 1 aromatic rings. The molecule has 10 nitrogen and oxygen atoms in total. The minimum Gasteiger partial charge on any atom is -0.508 e. The van der Waals surface area contributed by atoms with Crippen LogP contribution in [0.5, 0.6) is 5.75 Å². The second-order valence-electron chi connectivity index (χ2n) is 8.84. The molecule has 1 amide bonds. The van der Waals surface area contributed by atoms with Gasteiger partial charge in [0.2, 0.25) is 11.6 Å². The minimum absolute atomic E-state index is 0.0383. The summed E-state index contributed by atoms with van der Waals surface area (Å²) >= 11 is 6.23. The molecule has 3 aliphatic carbocycles. The van der Waals surface area contributed by atoms with Gasteiger partial charge in [-0.2, -0.15) is 0 Å². The number of amides is 1. The number of hydrogen-bond acceptors (Lipinski definition) is 9. The van der Waals surface area contributed by atoms with E-state index < -0.39 is 74.6 Å². The monoisotopic (exact) mass is 476 g/mol. The van der Waals surface area contributed by atoms with Crippen molar-refractivity contribution in [2.24, 2.45) is 11.7 Å². The number of benzene rings is 1. The zero-order valence-corrected chi connectivity index (χ0v) is 18.6. The van der Waals surface area contributed by atoms with Crippen molar-refractivity contribution in [3.63, 3.8) is 0 Å². The topological polar surface area (TPSA) is 178 Å². The highest BCUT2D eigenvalue weighted by molar-refractivity contribution is 6.36. The molecule has 1 aromatic carbocycles. The number of nitrogens with zero attached hydrogens (tertiary/aromatic N) is 1. The SMILES string of the molecule is CN(C)[C@@H]1C(=O)C(C(N)=O)=C(O)[C@@]2(O)C(=O)C3=C(C[C@@H]12)[C@](C)(O)c1c(Cl)ccc(O)c1C3=O. The van der Waals surface area contributed by atoms with Crippen LogP contribution in [0.2, 0.25) is 5.02 Å². The molecule has 0 spiro atoms. The molecule has 0 heterocycles. The lowest BCUT2D eigenvalue weighted by Crippen LogP contribution is -2.65. The van der Waals surface area contributed by atoms with E-state index in [1.54, 1.807) is 0 Å². The molecule has 4 rings (SSSR count). The first-order valence-corrected chi connectivity index (χ1v) is 10.3. The smallest absolute Gasteiger partial charge is 0.255 e. The Hall–Kier alpha value is -3.05. The van der Waals surface area contributed by atoms with Crippen LogP contribution in [0.3, 0.4) is 0 Å². The third-order valence-electron chi connectivity index (χ3n) is 6.79. The number of primary amides is 1. The normalized spacial score (nSPS) is 31.5. The van der Waals surface area contributed by atoms with Gasteiger partial charge in [-0.05, 0) is 45.1 Å². The molecule has 0 bridgehead atoms. The third-order valence-corrected chi connectivity index (χ3v) is 7.11. The van der Waals surface area contributed by atoms with Gasteiger partial charge in [0.1, 0.15) is 22.7 Å². The van der Waals surface area contributed by atoms with Crippen LogP contribution in [-0.4, -0.2) is 74.3 Å². The fraction of sp³-hybridized carbons (Fsp3) is 0.364. The van der Waals surface area contributed by atoms with E-state index in [0.717, 1.165) is 6.07 Å². The van der Waals surface area contributed by atoms with Crippen LogP contribution in [-0.2, 0) is 20.0 Å². The molecule has 3 aliphatic rings. The molecule has 11 heteroatoms. The molecular weight excluding hydrogens is 456 g/mol. The summed E-state index contributed by atoms with van der Waals surface area (Å²) in [5, 5.41) is 43.9. The quantitative estimate of drug-likeness (QED) is 0.364. The molecule has 174 valence electrons. The maximum Gasteiger partial charge on any atom is 0.255 e. The number of aliphatic hydroxyl groups excluding tert-OH is 1. The lowest BCUT2D eigenvalue weighted by Gasteiger charge is -2.50. The summed E-state index contributed by atoms with van der Waals surface area (Å²) in [7, 11) is 2.93. The standard InChI is InChI=1S/C22H21ClN2O8/c1-21(32)7-6-8-15(25(2)3)17(28)13(20(24)31)19(30)22(8,33)18(29)11(7)16(27)12-10(26)5-4-9(23)14(12)21/h4-5,8,15,26,30,32-33H,6H2,1-3H3,(H2,24,31)/t8-,15-,21-,22-/m0/s1. The first-order chi connectivity index (χ1) is 15.2. The summed E-state index contributed by atoms with van der Waals surface area (Å²) in [4.78, 5) is 53.3. The van der Waals surface area contributed by atoms with Crippen LogP contribution in [0.1, 0.15) is 29.3 Å². The van der Waals surface area contributed by atoms with E-state index in [0.29, 0.717) is 0 Å². The number of Topliss-reactive ketones (excluding diaryl/α,β-unsaturated/α-hetero) is 3. The third kappa shape index (κ3) is 2.72. The number of hydrogen-bond donors (Lipinski definition) is 5. The molecule has 0 aromatic heterocycles. The average molecular weight is 477 g/mol. The first-order valence-electron chi connectivity index (χ1n) is 9.92. The van der Waals surface area contributed by atoms with Crippen LogP contribution < -0.4 is 5.73 Å². The number of halogens is 1. The fourth-order valence-corrected chi connectivity index (χ4v) is 5.63. The zero-order chi connectivity index (χ0) is 24.8. The van der Waals surface area contributed by atoms with E-state index in [1.807, 2.05) is 0 Å². The Morgan fingerprint density at radius 1 is 1.18 bits per heavy atom. The highest BCUT2D eigenvalue weighted by atomic mass is 35.5. The van der Waals surface area contributed by atoms with E-state index in [4.69, 9.17) is 17.3 Å². The van der Waals surface area contributed by atoms with Gasteiger partial charge in [-0.1, -0.05) is 11.6 Å². The number of likely N-dealkylation sites (N-methyl/N-ethyl adjacent to an activating group) is 1. The molecule has 0 aliphatic heterocycles. The predicted molar refractivity (Wildman–Crippen MR) is 113 cm³/mol. The lowest BCUT2D eigenvalue weighted by molar-refractivity contribution is -0.150. The van der Waals surface area contributed by atoms with Crippen molar-refractivity contribution in [3.8, 4) is 5.75 Å². The van der Waals surface area contributed by atoms with Gasteiger partial charge in [-0.25, -0.2) is 0 Å². The second-order valence-corrected chi connectivity index (χ2v) is 9.25. The van der Waals surface area contributed by atoms with Gasteiger partial charge < -0.3 is 26.2 Å². The Kier molecular flexibility index (Phi) is 4.89. The molecule has 0 unspecified atom stereocenters. The van der Waals surface area contributed by atoms with Crippen LogP contribution in [0.25, 0.3) is 0 Å². The van der Waals surface area contributed by atoms with E-state index >= 15 is 0 Å². The largest absolute Gasteiger partial charge is 0.508 e. The summed E-state index contributed by atoms with van der Waals surface area (Å²) in [6.45, 7) is 1.27. The molecule has 4 atom stereocenters. The highest BCUT2D eigenvalue weighted by Crippen LogP contribution is 2.54. The van der Waals surface area contributed by atoms with Gasteiger partial charge in [-0.3, -0.25) is 24.1 Å². The van der Waals surface area contributed by atoms with Gasteiger partial charge in [0, 0.05) is 16.5 Å². The van der Waals surface area contributed by atoms with Gasteiger partial charge in [0.25, 0.3) is 5.91 Å². The van der Waals surface area contributed by atoms with Gasteiger partial charge >= 0.3 is 0 Å². The Labute approximate surface area is 192 Å². The van der Waals surface area contributed by atoms with Crippen LogP contribution in [0.4, 0.5) is 0 Å². The fourth-order valence-electron chi connectivity index (χ4n) is 5.29. The summed E-state index contributed by atoms with van der Waals surface area (Å²) < 4.78 is 0. The molecule has 0 saturated heterocycles. The molecular formula is C22H21ClN2O8. The number of carbonyl (C=O) groups is 4. The van der Waals surface area contributed by atoms with Crippen LogP contribution in [0, 0.1) is 5.92 Å². The van der Waals surface area contributed by atoms with E-state index in [2.05, 4.69) is 0 Å². The average Bonchev–Trinajstić information content (AvgIpc) is 2.69. The number of phenolic OH excluding ortho intramolecular Hbond substituents is 1. The number of fused-ring (bicyclic) bond motifs is 2. The second kappa shape index (κ2) is 6.97. The first kappa shape index (κ1) is 23.1. The molecule has 6 N–H and O–H groups in total. The van der Waals surface area contributed by atoms with Crippen molar-refractivity contribution in [3.05, 3.63) is 50.8 Å². The van der Waals surface area contributed by atoms with Crippen molar-refractivity contribution in [2.75, 3.05) is 14.1 Å².